The van der Waals surface area contributed by atoms with Gasteiger partial charge in [0.15, 0.2) is 0 Å². The third-order valence-corrected chi connectivity index (χ3v) is 3.97. The molecule has 19 heavy (non-hydrogen) atoms. The quantitative estimate of drug-likeness (QED) is 0.914. The summed E-state index contributed by atoms with van der Waals surface area (Å²) in [5, 5.41) is 0. The normalized spacial score (nSPS) is 17.3. The summed E-state index contributed by atoms with van der Waals surface area (Å²) in [5.41, 5.74) is 9.05. The van der Waals surface area contributed by atoms with E-state index < -0.39 is 0 Å². The van der Waals surface area contributed by atoms with Crippen molar-refractivity contribution in [3.8, 4) is 0 Å². The molecule has 0 fully saturated rings. The summed E-state index contributed by atoms with van der Waals surface area (Å²) in [6.45, 7) is 3.14. The molecule has 2 N–H and O–H groups in total. The van der Waals surface area contributed by atoms with Crippen molar-refractivity contribution in [2.45, 2.75) is 31.8 Å². The van der Waals surface area contributed by atoms with Crippen LogP contribution in [0.4, 0.5) is 5.69 Å². The summed E-state index contributed by atoms with van der Waals surface area (Å²) in [6.07, 6.45) is 3.75. The van der Waals surface area contributed by atoms with Gasteiger partial charge in [-0.3, -0.25) is 0 Å². The predicted molar refractivity (Wildman–Crippen MR) is 77.2 cm³/mol. The molecule has 3 nitrogen and oxygen atoms in total. The van der Waals surface area contributed by atoms with Gasteiger partial charge >= 0.3 is 0 Å². The fourth-order valence-electron chi connectivity index (χ4n) is 2.93. The first-order valence-corrected chi connectivity index (χ1v) is 6.94. The molecule has 1 aliphatic rings. The minimum atomic E-state index is 0.0808. The van der Waals surface area contributed by atoms with Crippen LogP contribution in [-0.2, 0) is 6.42 Å². The van der Waals surface area contributed by atoms with E-state index in [2.05, 4.69) is 36.1 Å². The molecule has 0 bridgehead atoms. The topological polar surface area (TPSA) is 42.4 Å². The number of para-hydroxylation sites is 1. The number of benzene rings is 1. The van der Waals surface area contributed by atoms with Crippen LogP contribution in [0.2, 0.25) is 0 Å². The number of rotatable bonds is 4. The Balaban J connectivity index is 1.98. The van der Waals surface area contributed by atoms with E-state index in [0.29, 0.717) is 0 Å². The molecule has 1 aromatic heterocycles. The molecule has 1 aromatic carbocycles. The van der Waals surface area contributed by atoms with Gasteiger partial charge in [0.2, 0.25) is 0 Å². The molecular formula is C16H20N2O. The molecular weight excluding hydrogens is 236 g/mol. The first kappa shape index (κ1) is 12.3. The summed E-state index contributed by atoms with van der Waals surface area (Å²) >= 11 is 0. The van der Waals surface area contributed by atoms with Crippen LogP contribution >= 0.6 is 0 Å². The standard InChI is InChI=1S/C16H20N2O/c1-2-13(17)16(15-8-5-11-19-15)18-10-9-12-6-3-4-7-14(12)18/h3-8,11,13,16H,2,9-10,17H2,1H3. The molecule has 1 aliphatic heterocycles. The van der Waals surface area contributed by atoms with Crippen LogP contribution in [0.5, 0.6) is 0 Å². The van der Waals surface area contributed by atoms with Gasteiger partial charge in [-0.1, -0.05) is 25.1 Å². The lowest BCUT2D eigenvalue weighted by Gasteiger charge is -2.32. The Kier molecular flexibility index (Phi) is 3.30. The third-order valence-electron chi connectivity index (χ3n) is 3.97. The second-order valence-electron chi connectivity index (χ2n) is 5.10. The van der Waals surface area contributed by atoms with E-state index in [1.54, 1.807) is 6.26 Å². The molecule has 0 saturated carbocycles. The van der Waals surface area contributed by atoms with Crippen molar-refractivity contribution in [3.63, 3.8) is 0 Å². The number of fused-ring (bicyclic) bond motifs is 1. The lowest BCUT2D eigenvalue weighted by Crippen LogP contribution is -2.40. The zero-order valence-corrected chi connectivity index (χ0v) is 11.3. The van der Waals surface area contributed by atoms with Crippen LogP contribution in [0.1, 0.15) is 30.7 Å². The number of furan rings is 1. The van der Waals surface area contributed by atoms with Gasteiger partial charge in [-0.15, -0.1) is 0 Å². The second-order valence-corrected chi connectivity index (χ2v) is 5.10. The van der Waals surface area contributed by atoms with Gasteiger partial charge in [-0.25, -0.2) is 0 Å². The van der Waals surface area contributed by atoms with Gasteiger partial charge in [0, 0.05) is 18.3 Å². The predicted octanol–water partition coefficient (Wildman–Crippen LogP) is 3.12. The molecule has 2 atom stereocenters. The summed E-state index contributed by atoms with van der Waals surface area (Å²) < 4.78 is 5.62. The highest BCUT2D eigenvalue weighted by atomic mass is 16.3. The maximum absolute atomic E-state index is 6.34. The van der Waals surface area contributed by atoms with Crippen LogP contribution in [0.25, 0.3) is 0 Å². The van der Waals surface area contributed by atoms with Crippen LogP contribution < -0.4 is 10.6 Å². The van der Waals surface area contributed by atoms with E-state index in [1.807, 2.05) is 12.1 Å². The maximum atomic E-state index is 6.34. The summed E-state index contributed by atoms with van der Waals surface area (Å²) in [7, 11) is 0. The zero-order chi connectivity index (χ0) is 13.2. The number of hydrogen-bond donors (Lipinski definition) is 1. The molecule has 0 spiro atoms. The molecule has 2 aromatic rings. The Morgan fingerprint density at radius 1 is 1.26 bits per heavy atom. The van der Waals surface area contributed by atoms with Crippen molar-refractivity contribution in [2.24, 2.45) is 5.73 Å². The smallest absolute Gasteiger partial charge is 0.127 e. The van der Waals surface area contributed by atoms with Gasteiger partial charge in [-0.05, 0) is 36.6 Å². The Hall–Kier alpha value is -1.74. The molecule has 0 saturated heterocycles. The summed E-state index contributed by atoms with van der Waals surface area (Å²) in [5.74, 6) is 0.964. The van der Waals surface area contributed by atoms with E-state index in [1.165, 1.54) is 11.3 Å². The maximum Gasteiger partial charge on any atom is 0.127 e. The molecule has 0 radical (unpaired) electrons. The largest absolute Gasteiger partial charge is 0.467 e. The number of anilines is 1. The van der Waals surface area contributed by atoms with Crippen LogP contribution in [0.15, 0.2) is 47.1 Å². The van der Waals surface area contributed by atoms with Crippen LogP contribution in [0.3, 0.4) is 0 Å². The minimum absolute atomic E-state index is 0.0808. The molecule has 3 rings (SSSR count). The Morgan fingerprint density at radius 3 is 2.84 bits per heavy atom. The Labute approximate surface area is 114 Å². The fourth-order valence-corrected chi connectivity index (χ4v) is 2.93. The third kappa shape index (κ3) is 2.15. The fraction of sp³-hybridized carbons (Fsp3) is 0.375. The van der Waals surface area contributed by atoms with E-state index in [9.17, 15) is 0 Å². The average molecular weight is 256 g/mol. The second kappa shape index (κ2) is 5.10. The van der Waals surface area contributed by atoms with Gasteiger partial charge in [0.25, 0.3) is 0 Å². The Morgan fingerprint density at radius 2 is 2.11 bits per heavy atom. The number of nitrogens with two attached hydrogens (primary N) is 1. The lowest BCUT2D eigenvalue weighted by molar-refractivity contribution is 0.400. The number of nitrogens with zero attached hydrogens (tertiary/aromatic N) is 1. The highest BCUT2D eigenvalue weighted by Gasteiger charge is 2.32. The first-order chi connectivity index (χ1) is 9.31. The van der Waals surface area contributed by atoms with Crippen molar-refractivity contribution < 1.29 is 4.42 Å². The Bertz CT molecular complexity index is 535. The zero-order valence-electron chi connectivity index (χ0n) is 11.3. The van der Waals surface area contributed by atoms with Gasteiger partial charge in [-0.2, -0.15) is 0 Å². The monoisotopic (exact) mass is 256 g/mol. The van der Waals surface area contributed by atoms with Crippen molar-refractivity contribution >= 4 is 5.69 Å². The molecule has 100 valence electrons. The SMILES string of the molecule is CCC(N)C(c1ccco1)N1CCc2ccccc21. The van der Waals surface area contributed by atoms with Crippen LogP contribution in [0, 0.1) is 0 Å². The molecule has 0 amide bonds. The number of hydrogen-bond acceptors (Lipinski definition) is 3. The lowest BCUT2D eigenvalue weighted by atomic mass is 10.0. The summed E-state index contributed by atoms with van der Waals surface area (Å²) in [4.78, 5) is 2.39. The average Bonchev–Trinajstić information content (AvgIpc) is 3.09. The van der Waals surface area contributed by atoms with Gasteiger partial charge < -0.3 is 15.1 Å². The highest BCUT2D eigenvalue weighted by molar-refractivity contribution is 5.59. The molecule has 2 unspecified atom stereocenters. The van der Waals surface area contributed by atoms with Gasteiger partial charge in [0.1, 0.15) is 11.8 Å². The van der Waals surface area contributed by atoms with Crippen LogP contribution in [-0.4, -0.2) is 12.6 Å². The van der Waals surface area contributed by atoms with E-state index in [4.69, 9.17) is 10.2 Å². The molecule has 0 aliphatic carbocycles. The van der Waals surface area contributed by atoms with Crippen molar-refractivity contribution in [2.75, 3.05) is 11.4 Å². The summed E-state index contributed by atoms with van der Waals surface area (Å²) in [6, 6.07) is 12.7. The minimum Gasteiger partial charge on any atom is -0.467 e. The van der Waals surface area contributed by atoms with E-state index in [0.717, 1.165) is 25.1 Å². The van der Waals surface area contributed by atoms with E-state index in [-0.39, 0.29) is 12.1 Å². The molecule has 3 heteroatoms. The van der Waals surface area contributed by atoms with Gasteiger partial charge in [0.05, 0.1) is 6.26 Å². The first-order valence-electron chi connectivity index (χ1n) is 6.94. The molecule has 2 heterocycles. The van der Waals surface area contributed by atoms with E-state index >= 15 is 0 Å². The van der Waals surface area contributed by atoms with Crippen molar-refractivity contribution in [1.82, 2.24) is 0 Å². The van der Waals surface area contributed by atoms with Crippen molar-refractivity contribution in [1.29, 1.82) is 0 Å². The highest BCUT2D eigenvalue weighted by Crippen LogP contribution is 2.36. The van der Waals surface area contributed by atoms with Crippen molar-refractivity contribution in [3.05, 3.63) is 54.0 Å².